The zero-order valence-electron chi connectivity index (χ0n) is 18.0. The van der Waals surface area contributed by atoms with Gasteiger partial charge in [0.05, 0.1) is 22.3 Å². The van der Waals surface area contributed by atoms with Crippen LogP contribution in [0, 0.1) is 0 Å². The lowest BCUT2D eigenvalue weighted by atomic mass is 9.99. The van der Waals surface area contributed by atoms with Crippen LogP contribution in [-0.4, -0.2) is 34.6 Å². The van der Waals surface area contributed by atoms with Gasteiger partial charge in [-0.25, -0.2) is 4.98 Å². The second kappa shape index (κ2) is 11.5. The van der Waals surface area contributed by atoms with Crippen molar-refractivity contribution in [2.24, 2.45) is 0 Å². The highest BCUT2D eigenvalue weighted by molar-refractivity contribution is 6.38. The van der Waals surface area contributed by atoms with Gasteiger partial charge in [-0.2, -0.15) is 0 Å². The van der Waals surface area contributed by atoms with Crippen LogP contribution in [0.5, 0.6) is 0 Å². The predicted octanol–water partition coefficient (Wildman–Crippen LogP) is 7.80. The van der Waals surface area contributed by atoms with Crippen LogP contribution >= 0.6 is 34.8 Å². The molecule has 3 nitrogen and oxygen atoms in total. The van der Waals surface area contributed by atoms with Gasteiger partial charge in [0.25, 0.3) is 0 Å². The number of hydrogen-bond donors (Lipinski definition) is 1. The summed E-state index contributed by atoms with van der Waals surface area (Å²) in [5, 5.41) is 13.8. The summed E-state index contributed by atoms with van der Waals surface area (Å²) in [6, 6.07) is 13.0. The number of aliphatic hydroxyl groups excluding tert-OH is 1. The van der Waals surface area contributed by atoms with E-state index in [1.807, 2.05) is 36.4 Å². The van der Waals surface area contributed by atoms with Crippen LogP contribution in [0.25, 0.3) is 22.2 Å². The maximum atomic E-state index is 11.3. The fourth-order valence-electron chi connectivity index (χ4n) is 3.72. The third kappa shape index (κ3) is 6.34. The van der Waals surface area contributed by atoms with Gasteiger partial charge in [-0.1, -0.05) is 73.6 Å². The van der Waals surface area contributed by atoms with Gasteiger partial charge in [0, 0.05) is 27.5 Å². The van der Waals surface area contributed by atoms with E-state index in [4.69, 9.17) is 39.8 Å². The number of benzene rings is 2. The highest BCUT2D eigenvalue weighted by Gasteiger charge is 2.19. The average molecular weight is 480 g/mol. The van der Waals surface area contributed by atoms with E-state index in [-0.39, 0.29) is 0 Å². The molecule has 0 saturated heterocycles. The Kier molecular flexibility index (Phi) is 9.00. The van der Waals surface area contributed by atoms with E-state index >= 15 is 0 Å². The van der Waals surface area contributed by atoms with Gasteiger partial charge in [-0.15, -0.1) is 0 Å². The first-order valence-electron chi connectivity index (χ1n) is 10.9. The molecule has 166 valence electrons. The van der Waals surface area contributed by atoms with E-state index in [0.717, 1.165) is 61.0 Å². The Balaban J connectivity index is 2.04. The number of nitrogens with zero attached hydrogens (tertiary/aromatic N) is 2. The molecule has 6 heteroatoms. The van der Waals surface area contributed by atoms with Crippen molar-refractivity contribution in [2.45, 2.75) is 45.6 Å². The van der Waals surface area contributed by atoms with Gasteiger partial charge in [0.15, 0.2) is 0 Å². The monoisotopic (exact) mass is 478 g/mol. The van der Waals surface area contributed by atoms with Crippen molar-refractivity contribution in [2.75, 3.05) is 19.6 Å². The molecule has 0 unspecified atom stereocenters. The SMILES string of the molecule is CCCCN(CCCC)C[C@@H](O)c1cc(-c2ccc(Cl)cc2)nc2c(Cl)cc(Cl)cc12. The summed E-state index contributed by atoms with van der Waals surface area (Å²) in [6.45, 7) is 6.88. The van der Waals surface area contributed by atoms with Crippen molar-refractivity contribution >= 4 is 45.7 Å². The minimum Gasteiger partial charge on any atom is -0.387 e. The summed E-state index contributed by atoms with van der Waals surface area (Å²) in [6.07, 6.45) is 3.80. The molecule has 0 radical (unpaired) electrons. The van der Waals surface area contributed by atoms with Crippen LogP contribution in [-0.2, 0) is 0 Å². The van der Waals surface area contributed by atoms with Crippen molar-refractivity contribution in [1.82, 2.24) is 9.88 Å². The Bertz CT molecular complexity index is 1000. The van der Waals surface area contributed by atoms with Gasteiger partial charge in [-0.3, -0.25) is 0 Å². The normalized spacial score (nSPS) is 12.6. The highest BCUT2D eigenvalue weighted by Crippen LogP contribution is 2.35. The van der Waals surface area contributed by atoms with Gasteiger partial charge in [0.2, 0.25) is 0 Å². The molecular formula is C25H29Cl3N2O. The lowest BCUT2D eigenvalue weighted by Gasteiger charge is -2.26. The molecule has 0 aliphatic rings. The van der Waals surface area contributed by atoms with E-state index in [2.05, 4.69) is 18.7 Å². The van der Waals surface area contributed by atoms with Crippen LogP contribution < -0.4 is 0 Å². The second-order valence-corrected chi connectivity index (χ2v) is 9.19. The summed E-state index contributed by atoms with van der Waals surface area (Å²) in [4.78, 5) is 7.12. The van der Waals surface area contributed by atoms with E-state index < -0.39 is 6.10 Å². The van der Waals surface area contributed by atoms with Gasteiger partial charge >= 0.3 is 0 Å². The molecule has 1 heterocycles. The molecule has 1 N–H and O–H groups in total. The van der Waals surface area contributed by atoms with Gasteiger partial charge in [0.1, 0.15) is 0 Å². The molecule has 0 fully saturated rings. The lowest BCUT2D eigenvalue weighted by molar-refractivity contribution is 0.112. The number of unbranched alkanes of at least 4 members (excludes halogenated alkanes) is 2. The Morgan fingerprint density at radius 1 is 0.903 bits per heavy atom. The third-order valence-electron chi connectivity index (χ3n) is 5.45. The van der Waals surface area contributed by atoms with Crippen molar-refractivity contribution in [3.05, 3.63) is 63.1 Å². The van der Waals surface area contributed by atoms with Gasteiger partial charge in [-0.05, 0) is 61.8 Å². The largest absolute Gasteiger partial charge is 0.387 e. The second-order valence-electron chi connectivity index (χ2n) is 7.91. The zero-order chi connectivity index (χ0) is 22.4. The molecule has 0 saturated carbocycles. The topological polar surface area (TPSA) is 36.4 Å². The van der Waals surface area contributed by atoms with Crippen molar-refractivity contribution in [3.63, 3.8) is 0 Å². The molecular weight excluding hydrogens is 451 g/mol. The molecule has 0 amide bonds. The molecule has 2 aromatic carbocycles. The number of aliphatic hydroxyl groups is 1. The number of hydrogen-bond acceptors (Lipinski definition) is 3. The quantitative estimate of drug-likeness (QED) is 0.322. The average Bonchev–Trinajstić information content (AvgIpc) is 2.75. The van der Waals surface area contributed by atoms with Crippen LogP contribution in [0.15, 0.2) is 42.5 Å². The third-order valence-corrected chi connectivity index (χ3v) is 6.21. The van der Waals surface area contributed by atoms with E-state index in [1.54, 1.807) is 6.07 Å². The van der Waals surface area contributed by atoms with E-state index in [9.17, 15) is 5.11 Å². The fraction of sp³-hybridized carbons (Fsp3) is 0.400. The van der Waals surface area contributed by atoms with E-state index in [1.165, 1.54) is 0 Å². The summed E-state index contributed by atoms with van der Waals surface area (Å²) < 4.78 is 0. The van der Waals surface area contributed by atoms with Crippen molar-refractivity contribution in [1.29, 1.82) is 0 Å². The first-order chi connectivity index (χ1) is 14.9. The number of aromatic nitrogens is 1. The number of fused-ring (bicyclic) bond motifs is 1. The lowest BCUT2D eigenvalue weighted by Crippen LogP contribution is -2.31. The van der Waals surface area contributed by atoms with Crippen LogP contribution in [0.3, 0.4) is 0 Å². The van der Waals surface area contributed by atoms with Gasteiger partial charge < -0.3 is 10.0 Å². The molecule has 0 bridgehead atoms. The van der Waals surface area contributed by atoms with E-state index in [0.29, 0.717) is 27.1 Å². The van der Waals surface area contributed by atoms with Crippen molar-refractivity contribution in [3.8, 4) is 11.3 Å². The smallest absolute Gasteiger partial charge is 0.0924 e. The summed E-state index contributed by atoms with van der Waals surface area (Å²) in [5.74, 6) is 0. The zero-order valence-corrected chi connectivity index (χ0v) is 20.3. The number of halogens is 3. The summed E-state index contributed by atoms with van der Waals surface area (Å²) in [7, 11) is 0. The Morgan fingerprint density at radius 2 is 1.55 bits per heavy atom. The molecule has 0 spiro atoms. The molecule has 1 aromatic heterocycles. The molecule has 3 aromatic rings. The van der Waals surface area contributed by atoms with Crippen molar-refractivity contribution < 1.29 is 5.11 Å². The van der Waals surface area contributed by atoms with Crippen LogP contribution in [0.1, 0.15) is 51.2 Å². The number of rotatable bonds is 10. The summed E-state index contributed by atoms with van der Waals surface area (Å²) >= 11 is 18.9. The maximum Gasteiger partial charge on any atom is 0.0924 e. The molecule has 0 aliphatic carbocycles. The Labute approximate surface area is 200 Å². The minimum atomic E-state index is -0.681. The van der Waals surface area contributed by atoms with Crippen LogP contribution in [0.4, 0.5) is 0 Å². The van der Waals surface area contributed by atoms with Crippen LogP contribution in [0.2, 0.25) is 15.1 Å². The first-order valence-corrected chi connectivity index (χ1v) is 12.0. The standard InChI is InChI=1S/C25H29Cl3N2O/c1-3-5-11-30(12-6-4-2)16-24(31)20-15-23(17-7-9-18(26)10-8-17)29-25-21(20)13-19(27)14-22(25)28/h7-10,13-15,24,31H,3-6,11-12,16H2,1-2H3/t24-/m1/s1. The Morgan fingerprint density at radius 3 is 2.16 bits per heavy atom. The first kappa shape index (κ1) is 24.3. The fourth-order valence-corrected chi connectivity index (χ4v) is 4.38. The Hall–Kier alpha value is -1.36. The molecule has 3 rings (SSSR count). The molecule has 1 atom stereocenters. The summed E-state index contributed by atoms with van der Waals surface area (Å²) in [5.41, 5.74) is 3.09. The number of pyridine rings is 1. The maximum absolute atomic E-state index is 11.3. The molecule has 31 heavy (non-hydrogen) atoms. The molecule has 0 aliphatic heterocycles. The predicted molar refractivity (Wildman–Crippen MR) is 133 cm³/mol. The minimum absolute atomic E-state index is 0.473. The highest BCUT2D eigenvalue weighted by atomic mass is 35.5.